The van der Waals surface area contributed by atoms with Crippen LogP contribution in [0.2, 0.25) is 10.0 Å². The predicted octanol–water partition coefficient (Wildman–Crippen LogP) is 4.48. The standard InChI is InChI=1S/C12H12Cl2N2S.ClH/c1-7(15)11-6-17-12(16-11)4-8-2-3-9(13)5-10(8)14;/h2-3,5-7H,4,15H2,1H3;1H. The Morgan fingerprint density at radius 1 is 1.39 bits per heavy atom. The summed E-state index contributed by atoms with van der Waals surface area (Å²) < 4.78 is 0. The summed E-state index contributed by atoms with van der Waals surface area (Å²) in [6.07, 6.45) is 0.716. The fraction of sp³-hybridized carbons (Fsp3) is 0.250. The summed E-state index contributed by atoms with van der Waals surface area (Å²) in [6, 6.07) is 5.49. The molecule has 6 heteroatoms. The third-order valence-electron chi connectivity index (χ3n) is 2.39. The second-order valence-electron chi connectivity index (χ2n) is 3.87. The second-order valence-corrected chi connectivity index (χ2v) is 5.65. The lowest BCUT2D eigenvalue weighted by Gasteiger charge is -2.02. The molecule has 2 N–H and O–H groups in total. The van der Waals surface area contributed by atoms with Crippen LogP contribution in [0.25, 0.3) is 0 Å². The molecule has 0 fully saturated rings. The maximum Gasteiger partial charge on any atom is 0.0973 e. The van der Waals surface area contributed by atoms with E-state index in [-0.39, 0.29) is 18.4 Å². The minimum atomic E-state index is -0.0271. The molecule has 0 saturated heterocycles. The molecule has 0 aliphatic carbocycles. The Kier molecular flexibility index (Phi) is 5.89. The molecule has 2 rings (SSSR count). The van der Waals surface area contributed by atoms with Gasteiger partial charge in [-0.25, -0.2) is 4.98 Å². The van der Waals surface area contributed by atoms with E-state index in [1.807, 2.05) is 24.4 Å². The minimum absolute atomic E-state index is 0. The summed E-state index contributed by atoms with van der Waals surface area (Å²) >= 11 is 13.6. The van der Waals surface area contributed by atoms with E-state index in [0.29, 0.717) is 16.5 Å². The molecule has 0 amide bonds. The molecule has 0 bridgehead atoms. The maximum atomic E-state index is 6.12. The normalized spacial score (nSPS) is 12.0. The van der Waals surface area contributed by atoms with Crippen LogP contribution in [0.1, 0.15) is 29.2 Å². The fourth-order valence-electron chi connectivity index (χ4n) is 1.44. The first-order valence-corrected chi connectivity index (χ1v) is 6.83. The summed E-state index contributed by atoms with van der Waals surface area (Å²) in [7, 11) is 0. The Morgan fingerprint density at radius 2 is 2.11 bits per heavy atom. The summed E-state index contributed by atoms with van der Waals surface area (Å²) in [5.41, 5.74) is 7.73. The first kappa shape index (κ1) is 15.7. The van der Waals surface area contributed by atoms with E-state index in [9.17, 15) is 0 Å². The number of rotatable bonds is 3. The largest absolute Gasteiger partial charge is 0.323 e. The zero-order chi connectivity index (χ0) is 12.4. The predicted molar refractivity (Wildman–Crippen MR) is 81.2 cm³/mol. The Labute approximate surface area is 127 Å². The SMILES string of the molecule is CC(N)c1csc(Cc2ccc(Cl)cc2Cl)n1.Cl. The van der Waals surface area contributed by atoms with Crippen molar-refractivity contribution in [3.8, 4) is 0 Å². The van der Waals surface area contributed by atoms with Gasteiger partial charge in [0.15, 0.2) is 0 Å². The van der Waals surface area contributed by atoms with Crippen LogP contribution in [0.15, 0.2) is 23.6 Å². The number of nitrogens with zero attached hydrogens (tertiary/aromatic N) is 1. The molecule has 1 aromatic carbocycles. The Bertz CT molecular complexity index is 526. The van der Waals surface area contributed by atoms with Crippen molar-refractivity contribution < 1.29 is 0 Å². The molecular weight excluding hydrogens is 311 g/mol. The summed E-state index contributed by atoms with van der Waals surface area (Å²) in [5, 5.41) is 4.33. The highest BCUT2D eigenvalue weighted by Crippen LogP contribution is 2.25. The molecule has 0 radical (unpaired) electrons. The van der Waals surface area contributed by atoms with Crippen LogP contribution in [0.4, 0.5) is 0 Å². The molecule has 1 aromatic heterocycles. The van der Waals surface area contributed by atoms with Gasteiger partial charge in [-0.1, -0.05) is 29.3 Å². The monoisotopic (exact) mass is 322 g/mol. The first-order valence-electron chi connectivity index (χ1n) is 5.20. The van der Waals surface area contributed by atoms with Gasteiger partial charge in [0.05, 0.1) is 10.7 Å². The Hall–Kier alpha value is -0.320. The number of aromatic nitrogens is 1. The maximum absolute atomic E-state index is 6.12. The van der Waals surface area contributed by atoms with Crippen molar-refractivity contribution in [2.75, 3.05) is 0 Å². The Morgan fingerprint density at radius 3 is 2.67 bits per heavy atom. The summed E-state index contributed by atoms with van der Waals surface area (Å²) in [5.74, 6) is 0. The average molecular weight is 324 g/mol. The zero-order valence-electron chi connectivity index (χ0n) is 9.69. The molecule has 0 aliphatic heterocycles. The van der Waals surface area contributed by atoms with Crippen LogP contribution < -0.4 is 5.73 Å². The van der Waals surface area contributed by atoms with Crippen LogP contribution in [-0.4, -0.2) is 4.98 Å². The smallest absolute Gasteiger partial charge is 0.0973 e. The van der Waals surface area contributed by atoms with Gasteiger partial charge in [0.25, 0.3) is 0 Å². The van der Waals surface area contributed by atoms with Gasteiger partial charge < -0.3 is 5.73 Å². The summed E-state index contributed by atoms with van der Waals surface area (Å²) in [6.45, 7) is 1.92. The Balaban J connectivity index is 0.00000162. The lowest BCUT2D eigenvalue weighted by Crippen LogP contribution is -2.05. The van der Waals surface area contributed by atoms with Crippen molar-refractivity contribution in [3.05, 3.63) is 49.9 Å². The van der Waals surface area contributed by atoms with Crippen molar-refractivity contribution in [3.63, 3.8) is 0 Å². The van der Waals surface area contributed by atoms with Gasteiger partial charge in [0.2, 0.25) is 0 Å². The van der Waals surface area contributed by atoms with Crippen molar-refractivity contribution in [1.29, 1.82) is 0 Å². The van der Waals surface area contributed by atoms with Crippen molar-refractivity contribution >= 4 is 46.9 Å². The molecule has 0 aliphatic rings. The van der Waals surface area contributed by atoms with Gasteiger partial charge >= 0.3 is 0 Å². The van der Waals surface area contributed by atoms with Gasteiger partial charge in [-0.2, -0.15) is 0 Å². The van der Waals surface area contributed by atoms with E-state index in [2.05, 4.69) is 4.98 Å². The van der Waals surface area contributed by atoms with Gasteiger partial charge in [-0.15, -0.1) is 23.7 Å². The van der Waals surface area contributed by atoms with Crippen LogP contribution in [-0.2, 0) is 6.42 Å². The zero-order valence-corrected chi connectivity index (χ0v) is 12.8. The number of benzene rings is 1. The van der Waals surface area contributed by atoms with Crippen molar-refractivity contribution in [2.24, 2.45) is 5.73 Å². The third-order valence-corrected chi connectivity index (χ3v) is 3.85. The number of hydrogen-bond donors (Lipinski definition) is 1. The van der Waals surface area contributed by atoms with Crippen molar-refractivity contribution in [2.45, 2.75) is 19.4 Å². The van der Waals surface area contributed by atoms with Crippen LogP contribution >= 0.6 is 46.9 Å². The molecule has 2 aromatic rings. The van der Waals surface area contributed by atoms with E-state index in [4.69, 9.17) is 28.9 Å². The second kappa shape index (κ2) is 6.73. The van der Waals surface area contributed by atoms with Crippen LogP contribution in [0.3, 0.4) is 0 Å². The minimum Gasteiger partial charge on any atom is -0.323 e. The molecule has 0 spiro atoms. The highest BCUT2D eigenvalue weighted by Gasteiger charge is 2.08. The highest BCUT2D eigenvalue weighted by atomic mass is 35.5. The molecule has 18 heavy (non-hydrogen) atoms. The van der Waals surface area contributed by atoms with Gasteiger partial charge in [-0.3, -0.25) is 0 Å². The summed E-state index contributed by atoms with van der Waals surface area (Å²) in [4.78, 5) is 4.47. The molecule has 98 valence electrons. The van der Waals surface area contributed by atoms with E-state index < -0.39 is 0 Å². The molecular formula is C12H13Cl3N2S. The quantitative estimate of drug-likeness (QED) is 0.904. The van der Waals surface area contributed by atoms with Gasteiger partial charge in [-0.05, 0) is 24.6 Å². The molecule has 1 unspecified atom stereocenters. The van der Waals surface area contributed by atoms with Crippen molar-refractivity contribution in [1.82, 2.24) is 4.98 Å². The van der Waals surface area contributed by atoms with Gasteiger partial charge in [0.1, 0.15) is 0 Å². The molecule has 0 saturated carbocycles. The lowest BCUT2D eigenvalue weighted by atomic mass is 10.1. The molecule has 1 heterocycles. The topological polar surface area (TPSA) is 38.9 Å². The van der Waals surface area contributed by atoms with Crippen LogP contribution in [0, 0.1) is 0 Å². The highest BCUT2D eigenvalue weighted by molar-refractivity contribution is 7.09. The van der Waals surface area contributed by atoms with E-state index >= 15 is 0 Å². The van der Waals surface area contributed by atoms with E-state index in [1.54, 1.807) is 17.4 Å². The number of hydrogen-bond acceptors (Lipinski definition) is 3. The van der Waals surface area contributed by atoms with E-state index in [1.165, 1.54) is 0 Å². The lowest BCUT2D eigenvalue weighted by molar-refractivity contribution is 0.784. The van der Waals surface area contributed by atoms with Crippen LogP contribution in [0.5, 0.6) is 0 Å². The number of thiazole rings is 1. The first-order chi connectivity index (χ1) is 8.06. The molecule has 2 nitrogen and oxygen atoms in total. The third kappa shape index (κ3) is 3.84. The fourth-order valence-corrected chi connectivity index (χ4v) is 2.84. The number of halogens is 3. The van der Waals surface area contributed by atoms with Gasteiger partial charge in [0, 0.05) is 27.9 Å². The average Bonchev–Trinajstić information content (AvgIpc) is 2.71. The molecule has 1 atom stereocenters. The number of nitrogens with two attached hydrogens (primary N) is 1. The van der Waals surface area contributed by atoms with E-state index in [0.717, 1.165) is 16.3 Å².